The van der Waals surface area contributed by atoms with Crippen molar-refractivity contribution in [2.24, 2.45) is 0 Å². The van der Waals surface area contributed by atoms with E-state index in [-0.39, 0.29) is 0 Å². The molecule has 0 spiro atoms. The summed E-state index contributed by atoms with van der Waals surface area (Å²) in [6, 6.07) is 2.29. The molecule has 0 fully saturated rings. The SMILES string of the molecule is CCCCCNC(=S)Nc1c(CC)cc(C)c(C)c1CC. The summed E-state index contributed by atoms with van der Waals surface area (Å²) in [4.78, 5) is 0. The average molecular weight is 307 g/mol. The van der Waals surface area contributed by atoms with E-state index in [1.165, 1.54) is 47.2 Å². The fourth-order valence-electron chi connectivity index (χ4n) is 2.67. The van der Waals surface area contributed by atoms with Gasteiger partial charge in [-0.25, -0.2) is 0 Å². The first-order valence-corrected chi connectivity index (χ1v) is 8.62. The second-order valence-electron chi connectivity index (χ2n) is 5.63. The molecule has 1 aromatic carbocycles. The Balaban J connectivity index is 2.86. The number of aryl methyl sites for hydroxylation is 2. The van der Waals surface area contributed by atoms with Crippen LogP contribution in [0.3, 0.4) is 0 Å². The van der Waals surface area contributed by atoms with E-state index in [9.17, 15) is 0 Å². The lowest BCUT2D eigenvalue weighted by Gasteiger charge is -2.20. The van der Waals surface area contributed by atoms with Gasteiger partial charge in [0.05, 0.1) is 0 Å². The second-order valence-corrected chi connectivity index (χ2v) is 6.03. The Kier molecular flexibility index (Phi) is 7.73. The third-order valence-corrected chi connectivity index (χ3v) is 4.34. The van der Waals surface area contributed by atoms with E-state index in [0.717, 1.165) is 24.5 Å². The van der Waals surface area contributed by atoms with E-state index in [1.54, 1.807) is 0 Å². The molecule has 0 aliphatic rings. The first-order chi connectivity index (χ1) is 10.0. The Morgan fingerprint density at radius 3 is 2.38 bits per heavy atom. The molecular weight excluding hydrogens is 276 g/mol. The number of unbranched alkanes of at least 4 members (excludes halogenated alkanes) is 2. The molecule has 0 radical (unpaired) electrons. The molecule has 21 heavy (non-hydrogen) atoms. The van der Waals surface area contributed by atoms with E-state index >= 15 is 0 Å². The molecule has 0 aliphatic heterocycles. The largest absolute Gasteiger partial charge is 0.362 e. The smallest absolute Gasteiger partial charge is 0.170 e. The van der Waals surface area contributed by atoms with Crippen LogP contribution >= 0.6 is 12.2 Å². The summed E-state index contributed by atoms with van der Waals surface area (Å²) in [5.41, 5.74) is 6.72. The van der Waals surface area contributed by atoms with Gasteiger partial charge in [-0.2, -0.15) is 0 Å². The summed E-state index contributed by atoms with van der Waals surface area (Å²) in [6.07, 6.45) is 5.71. The van der Waals surface area contributed by atoms with Crippen LogP contribution in [-0.4, -0.2) is 11.7 Å². The molecule has 0 atom stereocenters. The fourth-order valence-corrected chi connectivity index (χ4v) is 2.88. The maximum absolute atomic E-state index is 5.45. The summed E-state index contributed by atoms with van der Waals surface area (Å²) in [7, 11) is 0. The predicted octanol–water partition coefficient (Wildman–Crippen LogP) is 4.90. The quantitative estimate of drug-likeness (QED) is 0.553. The highest BCUT2D eigenvalue weighted by Crippen LogP contribution is 2.28. The van der Waals surface area contributed by atoms with Crippen molar-refractivity contribution in [2.75, 3.05) is 11.9 Å². The summed E-state index contributed by atoms with van der Waals surface area (Å²) >= 11 is 5.45. The molecule has 2 nitrogen and oxygen atoms in total. The van der Waals surface area contributed by atoms with Crippen molar-refractivity contribution in [1.29, 1.82) is 0 Å². The number of thiocarbonyl (C=S) groups is 1. The molecule has 118 valence electrons. The summed E-state index contributed by atoms with van der Waals surface area (Å²) in [5.74, 6) is 0. The van der Waals surface area contributed by atoms with Crippen LogP contribution in [0.4, 0.5) is 5.69 Å². The third-order valence-electron chi connectivity index (χ3n) is 4.10. The first-order valence-electron chi connectivity index (χ1n) is 8.21. The lowest BCUT2D eigenvalue weighted by Crippen LogP contribution is -2.30. The summed E-state index contributed by atoms with van der Waals surface area (Å²) < 4.78 is 0. The first kappa shape index (κ1) is 18.0. The van der Waals surface area contributed by atoms with Gasteiger partial charge in [0.1, 0.15) is 0 Å². The van der Waals surface area contributed by atoms with Crippen LogP contribution in [0, 0.1) is 13.8 Å². The predicted molar refractivity (Wildman–Crippen MR) is 98.4 cm³/mol. The Morgan fingerprint density at radius 2 is 1.81 bits per heavy atom. The van der Waals surface area contributed by atoms with E-state index < -0.39 is 0 Å². The molecule has 0 heterocycles. The molecule has 0 bridgehead atoms. The van der Waals surface area contributed by atoms with Gasteiger partial charge < -0.3 is 10.6 Å². The van der Waals surface area contributed by atoms with Crippen LogP contribution in [0.25, 0.3) is 0 Å². The van der Waals surface area contributed by atoms with E-state index in [2.05, 4.69) is 51.3 Å². The molecule has 0 unspecified atom stereocenters. The van der Waals surface area contributed by atoms with Crippen molar-refractivity contribution >= 4 is 23.0 Å². The van der Waals surface area contributed by atoms with Gasteiger partial charge in [-0.05, 0) is 67.6 Å². The maximum atomic E-state index is 5.45. The van der Waals surface area contributed by atoms with Gasteiger partial charge in [-0.3, -0.25) is 0 Å². The van der Waals surface area contributed by atoms with E-state index in [1.807, 2.05) is 0 Å². The van der Waals surface area contributed by atoms with Gasteiger partial charge in [0, 0.05) is 12.2 Å². The Hall–Kier alpha value is -1.09. The topological polar surface area (TPSA) is 24.1 Å². The van der Waals surface area contributed by atoms with Crippen LogP contribution in [0.2, 0.25) is 0 Å². The number of rotatable bonds is 7. The number of nitrogens with one attached hydrogen (secondary N) is 2. The fraction of sp³-hybridized carbons (Fsp3) is 0.611. The minimum atomic E-state index is 0.749. The zero-order valence-electron chi connectivity index (χ0n) is 14.2. The normalized spacial score (nSPS) is 10.5. The molecule has 1 aromatic rings. The van der Waals surface area contributed by atoms with Gasteiger partial charge in [-0.1, -0.05) is 39.7 Å². The third kappa shape index (κ3) is 4.99. The van der Waals surface area contributed by atoms with Gasteiger partial charge >= 0.3 is 0 Å². The van der Waals surface area contributed by atoms with Crippen molar-refractivity contribution in [3.05, 3.63) is 28.3 Å². The lowest BCUT2D eigenvalue weighted by molar-refractivity contribution is 0.697. The molecule has 0 saturated heterocycles. The minimum Gasteiger partial charge on any atom is -0.362 e. The number of hydrogen-bond donors (Lipinski definition) is 2. The van der Waals surface area contributed by atoms with Crippen molar-refractivity contribution in [1.82, 2.24) is 5.32 Å². The van der Waals surface area contributed by atoms with E-state index in [4.69, 9.17) is 12.2 Å². The van der Waals surface area contributed by atoms with Crippen molar-refractivity contribution in [3.63, 3.8) is 0 Å². The standard InChI is InChI=1S/C18H30N2S/c1-6-9-10-11-19-18(21)20-17-15(7-2)12-13(4)14(5)16(17)8-3/h12H,6-11H2,1-5H3,(H2,19,20,21). The van der Waals surface area contributed by atoms with E-state index in [0.29, 0.717) is 0 Å². The minimum absolute atomic E-state index is 0.749. The molecule has 0 amide bonds. The van der Waals surface area contributed by atoms with Crippen LogP contribution in [0.5, 0.6) is 0 Å². The van der Waals surface area contributed by atoms with Gasteiger partial charge in [0.15, 0.2) is 5.11 Å². The number of benzene rings is 1. The molecule has 0 saturated carbocycles. The van der Waals surface area contributed by atoms with Crippen LogP contribution in [0.15, 0.2) is 6.07 Å². The molecule has 0 aromatic heterocycles. The molecule has 1 rings (SSSR count). The van der Waals surface area contributed by atoms with Crippen molar-refractivity contribution in [2.45, 2.75) is 66.7 Å². The molecule has 3 heteroatoms. The highest BCUT2D eigenvalue weighted by atomic mass is 32.1. The van der Waals surface area contributed by atoms with Gasteiger partial charge in [0.25, 0.3) is 0 Å². The lowest BCUT2D eigenvalue weighted by atomic mass is 9.94. The Bertz CT molecular complexity index is 481. The van der Waals surface area contributed by atoms with Crippen molar-refractivity contribution < 1.29 is 0 Å². The Labute approximate surface area is 135 Å². The zero-order chi connectivity index (χ0) is 15.8. The molecule has 2 N–H and O–H groups in total. The van der Waals surface area contributed by atoms with Crippen LogP contribution < -0.4 is 10.6 Å². The molecule has 0 aliphatic carbocycles. The monoisotopic (exact) mass is 306 g/mol. The highest BCUT2D eigenvalue weighted by Gasteiger charge is 2.12. The Morgan fingerprint density at radius 1 is 1.10 bits per heavy atom. The zero-order valence-corrected chi connectivity index (χ0v) is 15.0. The summed E-state index contributed by atoms with van der Waals surface area (Å²) in [5, 5.41) is 7.52. The number of anilines is 1. The van der Waals surface area contributed by atoms with Gasteiger partial charge in [-0.15, -0.1) is 0 Å². The second kappa shape index (κ2) is 9.04. The molecular formula is C18H30N2S. The maximum Gasteiger partial charge on any atom is 0.170 e. The highest BCUT2D eigenvalue weighted by molar-refractivity contribution is 7.80. The van der Waals surface area contributed by atoms with Crippen molar-refractivity contribution in [3.8, 4) is 0 Å². The summed E-state index contributed by atoms with van der Waals surface area (Å²) in [6.45, 7) is 12.0. The average Bonchev–Trinajstić information content (AvgIpc) is 2.47. The van der Waals surface area contributed by atoms with Gasteiger partial charge in [0.2, 0.25) is 0 Å². The van der Waals surface area contributed by atoms with Crippen LogP contribution in [0.1, 0.15) is 62.3 Å². The van der Waals surface area contributed by atoms with Crippen LogP contribution in [-0.2, 0) is 12.8 Å². The number of hydrogen-bond acceptors (Lipinski definition) is 1.